The zero-order valence-electron chi connectivity index (χ0n) is 21.2. The monoisotopic (exact) mass is 480 g/mol. The first-order valence-electron chi connectivity index (χ1n) is 12.8. The Balaban J connectivity index is 1.53. The van der Waals surface area contributed by atoms with Crippen LogP contribution in [0.2, 0.25) is 0 Å². The van der Waals surface area contributed by atoms with Crippen LogP contribution in [0.5, 0.6) is 0 Å². The van der Waals surface area contributed by atoms with Crippen molar-refractivity contribution in [1.29, 1.82) is 0 Å². The fourth-order valence-corrected chi connectivity index (χ4v) is 8.02. The molecule has 2 aromatic carbocycles. The molecule has 0 N–H and O–H groups in total. The van der Waals surface area contributed by atoms with Gasteiger partial charge in [-0.3, -0.25) is 9.59 Å². The summed E-state index contributed by atoms with van der Waals surface area (Å²) in [5.74, 6) is -0.884. The Morgan fingerprint density at radius 1 is 0.611 bits per heavy atom. The minimum Gasteiger partial charge on any atom is -0.469 e. The highest BCUT2D eigenvalue weighted by Crippen LogP contribution is 2.69. The predicted molar refractivity (Wildman–Crippen MR) is 138 cm³/mol. The van der Waals surface area contributed by atoms with Crippen LogP contribution in [0.4, 0.5) is 0 Å². The lowest BCUT2D eigenvalue weighted by atomic mass is 9.40. The van der Waals surface area contributed by atoms with Gasteiger partial charge in [0.1, 0.15) is 0 Å². The lowest BCUT2D eigenvalue weighted by molar-refractivity contribution is -0.169. The Bertz CT molecular complexity index is 1200. The first kappa shape index (κ1) is 23.0. The second kappa shape index (κ2) is 8.62. The van der Waals surface area contributed by atoms with Gasteiger partial charge in [-0.15, -0.1) is 0 Å². The maximum Gasteiger partial charge on any atom is 0.310 e. The van der Waals surface area contributed by atoms with E-state index in [0.29, 0.717) is 0 Å². The number of fused-ring (bicyclic) bond motifs is 2. The van der Waals surface area contributed by atoms with Crippen molar-refractivity contribution in [3.63, 3.8) is 0 Å². The number of carbonyl (C=O) groups is 2. The topological polar surface area (TPSA) is 52.6 Å². The molecular formula is C32H32O4. The first-order valence-corrected chi connectivity index (χ1v) is 12.8. The summed E-state index contributed by atoms with van der Waals surface area (Å²) in [7, 11) is 2.83. The molecule has 0 aromatic heterocycles. The van der Waals surface area contributed by atoms with E-state index in [2.05, 4.69) is 86.7 Å². The fourth-order valence-electron chi connectivity index (χ4n) is 8.02. The SMILES string of the molecule is COC(=O)[C@@H]1[C@H]2C=C[C@@H]([C@@H]1C(=O)OC)[C@@H]1C3=C(C)[C@H](c4ccccc4)[C@H](c4ccccc4)C(C)=C3[C@@H]21. The van der Waals surface area contributed by atoms with Gasteiger partial charge >= 0.3 is 11.9 Å². The van der Waals surface area contributed by atoms with Crippen molar-refractivity contribution in [2.24, 2.45) is 35.5 Å². The van der Waals surface area contributed by atoms with Crippen LogP contribution in [-0.2, 0) is 19.1 Å². The number of ether oxygens (including phenoxy) is 2. The molecule has 0 unspecified atom stereocenters. The molecule has 0 heterocycles. The van der Waals surface area contributed by atoms with Crippen molar-refractivity contribution in [3.05, 3.63) is 106 Å². The highest BCUT2D eigenvalue weighted by molar-refractivity contribution is 5.85. The normalized spacial score (nSPS) is 34.0. The van der Waals surface area contributed by atoms with Crippen molar-refractivity contribution in [1.82, 2.24) is 0 Å². The molecule has 36 heavy (non-hydrogen) atoms. The zero-order chi connectivity index (χ0) is 25.1. The Morgan fingerprint density at radius 3 is 1.31 bits per heavy atom. The average Bonchev–Trinajstić information content (AvgIpc) is 2.90. The third kappa shape index (κ3) is 3.06. The summed E-state index contributed by atoms with van der Waals surface area (Å²) in [5, 5.41) is 0. The second-order valence-corrected chi connectivity index (χ2v) is 10.7. The highest BCUT2D eigenvalue weighted by Gasteiger charge is 2.65. The Kier molecular flexibility index (Phi) is 5.51. The standard InChI is InChI=1S/C32H32O4/c1-17-23(19-11-7-5-8-12-19)24(20-13-9-6-10-14-20)18(2)26-25(17)27-21-15-16-22(28(26)27)30(32(34)36-4)29(21)31(33)35-3/h5-16,21-24,27-30H,1-4H3/t21-,22+,23-,24+,27-,28-,29+,30-/m1/s1. The molecule has 8 atom stereocenters. The van der Waals surface area contributed by atoms with Gasteiger partial charge in [0.15, 0.2) is 0 Å². The number of carbonyl (C=O) groups excluding carboxylic acids is 2. The average molecular weight is 481 g/mol. The lowest BCUT2D eigenvalue weighted by Gasteiger charge is -2.62. The first-order chi connectivity index (χ1) is 17.5. The van der Waals surface area contributed by atoms with Crippen LogP contribution in [0.25, 0.3) is 0 Å². The van der Waals surface area contributed by atoms with Crippen molar-refractivity contribution in [2.75, 3.05) is 14.2 Å². The van der Waals surface area contributed by atoms with E-state index in [4.69, 9.17) is 9.47 Å². The van der Waals surface area contributed by atoms with Crippen molar-refractivity contribution < 1.29 is 19.1 Å². The molecule has 2 saturated carbocycles. The molecule has 5 aliphatic rings. The highest BCUT2D eigenvalue weighted by atomic mass is 16.5. The molecule has 0 amide bonds. The van der Waals surface area contributed by atoms with Gasteiger partial charge < -0.3 is 9.47 Å². The third-order valence-electron chi connectivity index (χ3n) is 9.32. The molecule has 2 aromatic rings. The number of hydrogen-bond acceptors (Lipinski definition) is 4. The van der Waals surface area contributed by atoms with Crippen LogP contribution in [0.15, 0.2) is 95.1 Å². The van der Waals surface area contributed by atoms with E-state index in [9.17, 15) is 9.59 Å². The number of allylic oxidation sites excluding steroid dienone is 6. The molecule has 5 aliphatic carbocycles. The smallest absolute Gasteiger partial charge is 0.310 e. The van der Waals surface area contributed by atoms with Crippen LogP contribution >= 0.6 is 0 Å². The van der Waals surface area contributed by atoms with Gasteiger partial charge in [0.2, 0.25) is 0 Å². The van der Waals surface area contributed by atoms with Crippen molar-refractivity contribution in [3.8, 4) is 0 Å². The summed E-state index contributed by atoms with van der Waals surface area (Å²) in [5.41, 5.74) is 8.19. The molecule has 0 radical (unpaired) electrons. The van der Waals surface area contributed by atoms with Gasteiger partial charge in [0.25, 0.3) is 0 Å². The number of hydrogen-bond donors (Lipinski definition) is 0. The molecule has 184 valence electrons. The van der Waals surface area contributed by atoms with E-state index in [1.54, 1.807) is 0 Å². The van der Waals surface area contributed by atoms with E-state index >= 15 is 0 Å². The number of benzene rings is 2. The molecule has 2 bridgehead atoms. The predicted octanol–water partition coefficient (Wildman–Crippen LogP) is 5.84. The number of rotatable bonds is 4. The molecule has 4 nitrogen and oxygen atoms in total. The van der Waals surface area contributed by atoms with E-state index < -0.39 is 11.8 Å². The molecule has 2 fully saturated rings. The van der Waals surface area contributed by atoms with Crippen LogP contribution in [0.3, 0.4) is 0 Å². The van der Waals surface area contributed by atoms with Crippen molar-refractivity contribution in [2.45, 2.75) is 25.7 Å². The van der Waals surface area contributed by atoms with E-state index in [1.807, 2.05) is 0 Å². The summed E-state index contributed by atoms with van der Waals surface area (Å²) >= 11 is 0. The molecule has 0 spiro atoms. The maximum atomic E-state index is 13.0. The molecule has 0 aliphatic heterocycles. The summed E-state index contributed by atoms with van der Waals surface area (Å²) < 4.78 is 10.4. The minimum absolute atomic E-state index is 0.0669. The fraction of sp³-hybridized carbons (Fsp3) is 0.375. The summed E-state index contributed by atoms with van der Waals surface area (Å²) in [6.07, 6.45) is 4.33. The molecule has 7 rings (SSSR count). The van der Waals surface area contributed by atoms with Gasteiger partial charge in [0.05, 0.1) is 26.1 Å². The van der Waals surface area contributed by atoms with Gasteiger partial charge in [-0.1, -0.05) is 84.0 Å². The Morgan fingerprint density at radius 2 is 0.972 bits per heavy atom. The summed E-state index contributed by atoms with van der Waals surface area (Å²) in [6, 6.07) is 21.5. The third-order valence-corrected chi connectivity index (χ3v) is 9.32. The minimum atomic E-state index is -0.511. The second-order valence-electron chi connectivity index (χ2n) is 10.7. The van der Waals surface area contributed by atoms with Crippen molar-refractivity contribution >= 4 is 11.9 Å². The van der Waals surface area contributed by atoms with Gasteiger partial charge in [-0.05, 0) is 59.8 Å². The van der Waals surface area contributed by atoms with Crippen LogP contribution in [0, 0.1) is 35.5 Å². The zero-order valence-corrected chi connectivity index (χ0v) is 21.2. The van der Waals surface area contributed by atoms with Crippen LogP contribution in [-0.4, -0.2) is 26.2 Å². The molecule has 0 saturated heterocycles. The number of methoxy groups -OCH3 is 2. The van der Waals surface area contributed by atoms with Gasteiger partial charge in [0, 0.05) is 11.8 Å². The summed E-state index contributed by atoms with van der Waals surface area (Å²) in [6.45, 7) is 4.56. The Hall–Kier alpha value is -3.40. The van der Waals surface area contributed by atoms with E-state index in [1.165, 1.54) is 47.6 Å². The lowest BCUT2D eigenvalue weighted by Crippen LogP contribution is -2.60. The molecular weight excluding hydrogens is 448 g/mol. The van der Waals surface area contributed by atoms with E-state index in [-0.39, 0.29) is 47.4 Å². The van der Waals surface area contributed by atoms with Gasteiger partial charge in [-0.25, -0.2) is 0 Å². The Labute approximate surface area is 212 Å². The van der Waals surface area contributed by atoms with Crippen LogP contribution < -0.4 is 0 Å². The quantitative estimate of drug-likeness (QED) is 0.407. The van der Waals surface area contributed by atoms with Gasteiger partial charge in [-0.2, -0.15) is 0 Å². The largest absolute Gasteiger partial charge is 0.469 e. The van der Waals surface area contributed by atoms with E-state index in [0.717, 1.165) is 0 Å². The number of esters is 2. The molecule has 4 heteroatoms. The van der Waals surface area contributed by atoms with Crippen LogP contribution in [0.1, 0.15) is 36.8 Å². The summed E-state index contributed by atoms with van der Waals surface area (Å²) in [4.78, 5) is 26.0. The maximum absolute atomic E-state index is 13.0.